The highest BCUT2D eigenvalue weighted by molar-refractivity contribution is 7.11. The number of amides is 1. The van der Waals surface area contributed by atoms with Crippen LogP contribution in [-0.2, 0) is 17.6 Å². The Morgan fingerprint density at radius 3 is 2.67 bits per heavy atom. The Morgan fingerprint density at radius 1 is 1.29 bits per heavy atom. The van der Waals surface area contributed by atoms with E-state index in [0.717, 1.165) is 29.2 Å². The van der Waals surface area contributed by atoms with E-state index in [4.69, 9.17) is 4.74 Å². The van der Waals surface area contributed by atoms with Crippen LogP contribution in [0.2, 0.25) is 0 Å². The lowest BCUT2D eigenvalue weighted by Gasteiger charge is -2.05. The molecular formula is C16H20N2O2S. The first-order valence-electron chi connectivity index (χ1n) is 6.98. The standard InChI is InChI=1S/C16H20N2O2S/c1-12-11-18-16(21-12)9-10-17-15(19)8-5-13-3-6-14(20-2)7-4-13/h3-4,6-7,11H,5,8-10H2,1-2H3,(H,17,19). The smallest absolute Gasteiger partial charge is 0.220 e. The largest absolute Gasteiger partial charge is 0.497 e. The van der Waals surface area contributed by atoms with E-state index in [1.807, 2.05) is 37.4 Å². The van der Waals surface area contributed by atoms with Crippen LogP contribution in [0.1, 0.15) is 21.9 Å². The molecule has 0 radical (unpaired) electrons. The number of rotatable bonds is 7. The van der Waals surface area contributed by atoms with Crippen LogP contribution in [0.3, 0.4) is 0 Å². The van der Waals surface area contributed by atoms with E-state index < -0.39 is 0 Å². The quantitative estimate of drug-likeness (QED) is 0.855. The van der Waals surface area contributed by atoms with E-state index in [2.05, 4.69) is 10.3 Å². The van der Waals surface area contributed by atoms with Crippen molar-refractivity contribution in [2.45, 2.75) is 26.2 Å². The zero-order valence-corrected chi connectivity index (χ0v) is 13.2. The van der Waals surface area contributed by atoms with E-state index >= 15 is 0 Å². The van der Waals surface area contributed by atoms with Gasteiger partial charge in [0.1, 0.15) is 5.75 Å². The highest BCUT2D eigenvalue weighted by Gasteiger charge is 2.04. The molecule has 0 unspecified atom stereocenters. The fourth-order valence-electron chi connectivity index (χ4n) is 1.96. The average Bonchev–Trinajstić information content (AvgIpc) is 2.91. The summed E-state index contributed by atoms with van der Waals surface area (Å²) in [6, 6.07) is 7.81. The summed E-state index contributed by atoms with van der Waals surface area (Å²) in [6.45, 7) is 2.68. The van der Waals surface area contributed by atoms with Crippen molar-refractivity contribution in [1.82, 2.24) is 10.3 Å². The molecule has 2 rings (SSSR count). The third kappa shape index (κ3) is 5.19. The van der Waals surface area contributed by atoms with Gasteiger partial charge in [0.2, 0.25) is 5.91 Å². The molecule has 1 heterocycles. The second kappa shape index (κ2) is 7.78. The van der Waals surface area contributed by atoms with Gasteiger partial charge in [-0.25, -0.2) is 4.98 Å². The average molecular weight is 304 g/mol. The lowest BCUT2D eigenvalue weighted by atomic mass is 10.1. The molecule has 1 aromatic heterocycles. The van der Waals surface area contributed by atoms with Crippen molar-refractivity contribution >= 4 is 17.2 Å². The van der Waals surface area contributed by atoms with Crippen molar-refractivity contribution in [3.8, 4) is 5.75 Å². The van der Waals surface area contributed by atoms with Crippen LogP contribution in [0.5, 0.6) is 5.75 Å². The number of carbonyl (C=O) groups excluding carboxylic acids is 1. The van der Waals surface area contributed by atoms with Gasteiger partial charge in [-0.3, -0.25) is 4.79 Å². The molecule has 0 spiro atoms. The molecule has 2 aromatic rings. The number of carbonyl (C=O) groups is 1. The summed E-state index contributed by atoms with van der Waals surface area (Å²) in [5, 5.41) is 4.01. The minimum Gasteiger partial charge on any atom is -0.497 e. The molecule has 1 aromatic carbocycles. The first-order chi connectivity index (χ1) is 10.2. The van der Waals surface area contributed by atoms with Gasteiger partial charge in [0.15, 0.2) is 0 Å². The molecule has 1 N–H and O–H groups in total. The van der Waals surface area contributed by atoms with E-state index in [0.29, 0.717) is 13.0 Å². The molecule has 21 heavy (non-hydrogen) atoms. The van der Waals surface area contributed by atoms with E-state index in [1.54, 1.807) is 18.4 Å². The SMILES string of the molecule is COc1ccc(CCC(=O)NCCc2ncc(C)s2)cc1. The van der Waals surface area contributed by atoms with Crippen molar-refractivity contribution in [2.75, 3.05) is 13.7 Å². The number of methoxy groups -OCH3 is 1. The fourth-order valence-corrected chi connectivity index (χ4v) is 2.75. The minimum absolute atomic E-state index is 0.0825. The highest BCUT2D eigenvalue weighted by atomic mass is 32.1. The van der Waals surface area contributed by atoms with E-state index in [-0.39, 0.29) is 5.91 Å². The van der Waals surface area contributed by atoms with E-state index in [9.17, 15) is 4.79 Å². The van der Waals surface area contributed by atoms with Crippen LogP contribution < -0.4 is 10.1 Å². The summed E-state index contributed by atoms with van der Waals surface area (Å²) >= 11 is 1.68. The molecule has 0 aliphatic carbocycles. The van der Waals surface area contributed by atoms with Gasteiger partial charge in [-0.15, -0.1) is 11.3 Å². The molecule has 1 amide bonds. The molecule has 5 heteroatoms. The molecule has 0 bridgehead atoms. The number of aryl methyl sites for hydroxylation is 2. The summed E-state index contributed by atoms with van der Waals surface area (Å²) in [7, 11) is 1.65. The Labute approximate surface area is 129 Å². The highest BCUT2D eigenvalue weighted by Crippen LogP contribution is 2.13. The molecule has 0 saturated carbocycles. The topological polar surface area (TPSA) is 51.2 Å². The molecule has 0 saturated heterocycles. The number of benzene rings is 1. The molecule has 4 nitrogen and oxygen atoms in total. The normalized spacial score (nSPS) is 10.4. The van der Waals surface area contributed by atoms with Crippen LogP contribution in [0, 0.1) is 6.92 Å². The van der Waals surface area contributed by atoms with Gasteiger partial charge >= 0.3 is 0 Å². The van der Waals surface area contributed by atoms with Crippen LogP contribution >= 0.6 is 11.3 Å². The molecule has 0 atom stereocenters. The number of aromatic nitrogens is 1. The first-order valence-corrected chi connectivity index (χ1v) is 7.80. The Balaban J connectivity index is 1.67. The predicted molar refractivity (Wildman–Crippen MR) is 84.9 cm³/mol. The monoisotopic (exact) mass is 304 g/mol. The van der Waals surface area contributed by atoms with Gasteiger partial charge in [-0.1, -0.05) is 12.1 Å². The summed E-state index contributed by atoms with van der Waals surface area (Å²) in [4.78, 5) is 17.3. The lowest BCUT2D eigenvalue weighted by Crippen LogP contribution is -2.25. The van der Waals surface area contributed by atoms with Crippen LogP contribution in [0.25, 0.3) is 0 Å². The molecule has 0 fully saturated rings. The van der Waals surface area contributed by atoms with Crippen molar-refractivity contribution < 1.29 is 9.53 Å². The Kier molecular flexibility index (Phi) is 5.75. The van der Waals surface area contributed by atoms with Crippen LogP contribution in [-0.4, -0.2) is 24.5 Å². The Bertz CT molecular complexity index is 578. The zero-order valence-electron chi connectivity index (χ0n) is 12.4. The van der Waals surface area contributed by atoms with Crippen LogP contribution in [0.4, 0.5) is 0 Å². The van der Waals surface area contributed by atoms with Gasteiger partial charge in [-0.2, -0.15) is 0 Å². The molecule has 112 valence electrons. The van der Waals surface area contributed by atoms with Gasteiger partial charge in [0, 0.05) is 30.5 Å². The maximum atomic E-state index is 11.8. The Hall–Kier alpha value is -1.88. The maximum absolute atomic E-state index is 11.8. The van der Waals surface area contributed by atoms with Crippen LogP contribution in [0.15, 0.2) is 30.5 Å². The second-order valence-electron chi connectivity index (χ2n) is 4.81. The molecule has 0 aliphatic rings. The van der Waals surface area contributed by atoms with Gasteiger partial charge in [0.25, 0.3) is 0 Å². The number of nitrogens with zero attached hydrogens (tertiary/aromatic N) is 1. The van der Waals surface area contributed by atoms with Gasteiger partial charge in [-0.05, 0) is 31.0 Å². The summed E-state index contributed by atoms with van der Waals surface area (Å²) in [6.07, 6.45) is 3.91. The van der Waals surface area contributed by atoms with Crippen molar-refractivity contribution in [3.05, 3.63) is 45.9 Å². The van der Waals surface area contributed by atoms with Crippen molar-refractivity contribution in [2.24, 2.45) is 0 Å². The Morgan fingerprint density at radius 2 is 2.05 bits per heavy atom. The van der Waals surface area contributed by atoms with Crippen molar-refractivity contribution in [3.63, 3.8) is 0 Å². The minimum atomic E-state index is 0.0825. The maximum Gasteiger partial charge on any atom is 0.220 e. The summed E-state index contributed by atoms with van der Waals surface area (Å²) < 4.78 is 5.11. The fraction of sp³-hybridized carbons (Fsp3) is 0.375. The molecular weight excluding hydrogens is 284 g/mol. The summed E-state index contributed by atoms with van der Waals surface area (Å²) in [5.41, 5.74) is 1.14. The van der Waals surface area contributed by atoms with Crippen molar-refractivity contribution in [1.29, 1.82) is 0 Å². The van der Waals surface area contributed by atoms with Gasteiger partial charge in [0.05, 0.1) is 12.1 Å². The number of hydrogen-bond acceptors (Lipinski definition) is 4. The number of thiazole rings is 1. The first kappa shape index (κ1) is 15.5. The molecule has 0 aliphatic heterocycles. The number of hydrogen-bond donors (Lipinski definition) is 1. The van der Waals surface area contributed by atoms with E-state index in [1.165, 1.54) is 4.88 Å². The second-order valence-corrected chi connectivity index (χ2v) is 6.13. The summed E-state index contributed by atoms with van der Waals surface area (Å²) in [5.74, 6) is 0.918. The zero-order chi connectivity index (χ0) is 15.1. The third-order valence-electron chi connectivity index (χ3n) is 3.13. The van der Waals surface area contributed by atoms with Gasteiger partial charge < -0.3 is 10.1 Å². The number of ether oxygens (including phenoxy) is 1. The lowest BCUT2D eigenvalue weighted by molar-refractivity contribution is -0.121. The third-order valence-corrected chi connectivity index (χ3v) is 4.10. The number of nitrogens with one attached hydrogen (secondary N) is 1. The predicted octanol–water partition coefficient (Wildman–Crippen LogP) is 2.75.